The third-order valence-corrected chi connectivity index (χ3v) is 3.62. The summed E-state index contributed by atoms with van der Waals surface area (Å²) in [4.78, 5) is 12.3. The van der Waals surface area contributed by atoms with Crippen molar-refractivity contribution in [1.29, 1.82) is 0 Å². The number of nitrogens with zero attached hydrogens (tertiary/aromatic N) is 2. The molecule has 0 fully saturated rings. The van der Waals surface area contributed by atoms with Gasteiger partial charge < -0.3 is 0 Å². The van der Waals surface area contributed by atoms with E-state index in [-0.39, 0.29) is 11.7 Å². The molecule has 3 aromatic rings. The molecule has 0 aliphatic rings. The predicted molar refractivity (Wildman–Crippen MR) is 76.5 cm³/mol. The molecule has 0 aliphatic heterocycles. The van der Waals surface area contributed by atoms with Gasteiger partial charge in [0.25, 0.3) is 5.91 Å². The van der Waals surface area contributed by atoms with Gasteiger partial charge in [0.2, 0.25) is 5.13 Å². The number of nitrogens with one attached hydrogen (secondary N) is 1. The number of anilines is 1. The number of halogens is 1. The van der Waals surface area contributed by atoms with E-state index in [1.165, 1.54) is 23.5 Å². The van der Waals surface area contributed by atoms with Gasteiger partial charge in [-0.05, 0) is 24.4 Å². The molecule has 3 rings (SSSR count). The number of fused-ring (bicyclic) bond motifs is 1. The Morgan fingerprint density at radius 3 is 2.60 bits per heavy atom. The van der Waals surface area contributed by atoms with Gasteiger partial charge in [-0.2, -0.15) is 0 Å². The summed E-state index contributed by atoms with van der Waals surface area (Å²) >= 11 is 1.29. The highest BCUT2D eigenvalue weighted by Gasteiger charge is 2.14. The van der Waals surface area contributed by atoms with E-state index >= 15 is 0 Å². The summed E-state index contributed by atoms with van der Waals surface area (Å²) < 4.78 is 13.7. The molecule has 100 valence electrons. The second-order valence-corrected chi connectivity index (χ2v) is 5.40. The van der Waals surface area contributed by atoms with E-state index in [0.29, 0.717) is 21.5 Å². The maximum absolute atomic E-state index is 13.7. The van der Waals surface area contributed by atoms with Crippen LogP contribution in [0.15, 0.2) is 36.4 Å². The first-order valence-corrected chi connectivity index (χ1v) is 6.75. The summed E-state index contributed by atoms with van der Waals surface area (Å²) in [6, 6.07) is 9.65. The van der Waals surface area contributed by atoms with Crippen LogP contribution in [0, 0.1) is 12.7 Å². The first kappa shape index (κ1) is 12.7. The first-order chi connectivity index (χ1) is 9.65. The van der Waals surface area contributed by atoms with E-state index in [9.17, 15) is 9.18 Å². The van der Waals surface area contributed by atoms with Crippen molar-refractivity contribution in [3.8, 4) is 0 Å². The average Bonchev–Trinajstić information content (AvgIpc) is 2.84. The van der Waals surface area contributed by atoms with Crippen LogP contribution in [0.4, 0.5) is 9.52 Å². The average molecular weight is 287 g/mol. The van der Waals surface area contributed by atoms with E-state index in [2.05, 4.69) is 15.5 Å². The monoisotopic (exact) mass is 287 g/mol. The summed E-state index contributed by atoms with van der Waals surface area (Å²) in [5.41, 5.74) is 0.412. The van der Waals surface area contributed by atoms with Crippen molar-refractivity contribution in [2.24, 2.45) is 0 Å². The van der Waals surface area contributed by atoms with E-state index in [1.807, 2.05) is 0 Å². The number of hydrogen-bond donors (Lipinski definition) is 1. The Bertz CT molecular complexity index is 800. The quantitative estimate of drug-likeness (QED) is 0.786. The lowest BCUT2D eigenvalue weighted by Gasteiger charge is -2.06. The Balaban J connectivity index is 2.01. The number of aromatic nitrogens is 2. The minimum absolute atomic E-state index is 0.322. The molecule has 6 heteroatoms. The van der Waals surface area contributed by atoms with Gasteiger partial charge in [-0.1, -0.05) is 35.6 Å². The van der Waals surface area contributed by atoms with Crippen molar-refractivity contribution >= 4 is 33.1 Å². The molecule has 1 aromatic heterocycles. The number of benzene rings is 2. The van der Waals surface area contributed by atoms with Crippen molar-refractivity contribution in [3.05, 3.63) is 52.8 Å². The van der Waals surface area contributed by atoms with Crippen LogP contribution in [-0.4, -0.2) is 16.1 Å². The molecule has 0 saturated heterocycles. The molecule has 0 radical (unpaired) electrons. The van der Waals surface area contributed by atoms with E-state index in [1.54, 1.807) is 31.2 Å². The topological polar surface area (TPSA) is 54.9 Å². The highest BCUT2D eigenvalue weighted by molar-refractivity contribution is 7.15. The smallest absolute Gasteiger partial charge is 0.258 e. The van der Waals surface area contributed by atoms with E-state index in [4.69, 9.17) is 0 Å². The Hall–Kier alpha value is -2.34. The van der Waals surface area contributed by atoms with Crippen molar-refractivity contribution in [1.82, 2.24) is 10.2 Å². The predicted octanol–water partition coefficient (Wildman–Crippen LogP) is 3.39. The number of carbonyl (C=O) groups excluding carboxylic acids is 1. The van der Waals surface area contributed by atoms with Crippen LogP contribution >= 0.6 is 11.3 Å². The Morgan fingerprint density at radius 2 is 1.90 bits per heavy atom. The molecule has 0 unspecified atom stereocenters. The van der Waals surface area contributed by atoms with Gasteiger partial charge in [-0.25, -0.2) is 4.39 Å². The Morgan fingerprint density at radius 1 is 1.15 bits per heavy atom. The molecule has 0 saturated carbocycles. The summed E-state index contributed by atoms with van der Waals surface area (Å²) in [6.45, 7) is 1.81. The van der Waals surface area contributed by atoms with Gasteiger partial charge in [-0.15, -0.1) is 10.2 Å². The van der Waals surface area contributed by atoms with Crippen molar-refractivity contribution in [3.63, 3.8) is 0 Å². The lowest BCUT2D eigenvalue weighted by atomic mass is 10.0. The molecule has 1 amide bonds. The van der Waals surface area contributed by atoms with E-state index in [0.717, 1.165) is 5.01 Å². The molecule has 4 nitrogen and oxygen atoms in total. The van der Waals surface area contributed by atoms with Crippen LogP contribution in [0.1, 0.15) is 15.4 Å². The lowest BCUT2D eigenvalue weighted by Crippen LogP contribution is -2.12. The largest absolute Gasteiger partial charge is 0.296 e. The van der Waals surface area contributed by atoms with Gasteiger partial charge in [0, 0.05) is 10.9 Å². The van der Waals surface area contributed by atoms with Crippen molar-refractivity contribution in [2.75, 3.05) is 5.32 Å². The highest BCUT2D eigenvalue weighted by Crippen LogP contribution is 2.23. The number of hydrogen-bond acceptors (Lipinski definition) is 4. The zero-order valence-electron chi connectivity index (χ0n) is 10.6. The molecule has 0 bridgehead atoms. The number of carbonyl (C=O) groups is 1. The van der Waals surface area contributed by atoms with Gasteiger partial charge in [-0.3, -0.25) is 10.1 Å². The maximum atomic E-state index is 13.7. The van der Waals surface area contributed by atoms with Gasteiger partial charge in [0.15, 0.2) is 0 Å². The molecular weight excluding hydrogens is 277 g/mol. The second kappa shape index (κ2) is 4.97. The molecule has 0 atom stereocenters. The standard InChI is InChI=1S/C14H10FN3OS/c1-8-17-18-14(20-8)16-13(19)11-6-7-12(15)10-5-3-2-4-9(10)11/h2-7H,1H3,(H,16,18,19). The molecule has 1 heterocycles. The van der Waals surface area contributed by atoms with Crippen LogP contribution in [-0.2, 0) is 0 Å². The molecular formula is C14H10FN3OS. The number of aryl methyl sites for hydroxylation is 1. The maximum Gasteiger partial charge on any atom is 0.258 e. The SMILES string of the molecule is Cc1nnc(NC(=O)c2ccc(F)c3ccccc23)s1. The van der Waals surface area contributed by atoms with Gasteiger partial charge in [0.05, 0.1) is 0 Å². The normalized spacial score (nSPS) is 10.7. The second-order valence-electron chi connectivity index (χ2n) is 4.22. The molecule has 20 heavy (non-hydrogen) atoms. The fraction of sp³-hybridized carbons (Fsp3) is 0.0714. The number of amides is 1. The van der Waals surface area contributed by atoms with Crippen LogP contribution in [0.3, 0.4) is 0 Å². The molecule has 2 aromatic carbocycles. The van der Waals surface area contributed by atoms with Crippen LogP contribution in [0.5, 0.6) is 0 Å². The summed E-state index contributed by atoms with van der Waals surface area (Å²) in [6.07, 6.45) is 0. The van der Waals surface area contributed by atoms with Crippen LogP contribution < -0.4 is 5.32 Å². The molecule has 0 spiro atoms. The van der Waals surface area contributed by atoms with Crippen molar-refractivity contribution in [2.45, 2.75) is 6.92 Å². The van der Waals surface area contributed by atoms with Crippen LogP contribution in [0.25, 0.3) is 10.8 Å². The summed E-state index contributed by atoms with van der Waals surface area (Å²) in [7, 11) is 0. The lowest BCUT2D eigenvalue weighted by molar-refractivity contribution is 0.102. The fourth-order valence-electron chi connectivity index (χ4n) is 1.97. The molecule has 1 N–H and O–H groups in total. The first-order valence-electron chi connectivity index (χ1n) is 5.94. The fourth-order valence-corrected chi connectivity index (χ4v) is 2.56. The highest BCUT2D eigenvalue weighted by atomic mass is 32.1. The van der Waals surface area contributed by atoms with Crippen LogP contribution in [0.2, 0.25) is 0 Å². The zero-order valence-corrected chi connectivity index (χ0v) is 11.4. The number of rotatable bonds is 2. The van der Waals surface area contributed by atoms with E-state index < -0.39 is 0 Å². The minimum Gasteiger partial charge on any atom is -0.296 e. The third-order valence-electron chi connectivity index (χ3n) is 2.86. The molecule has 0 aliphatic carbocycles. The van der Waals surface area contributed by atoms with Gasteiger partial charge in [0.1, 0.15) is 10.8 Å². The van der Waals surface area contributed by atoms with Gasteiger partial charge >= 0.3 is 0 Å². The Kier molecular flexibility index (Phi) is 3.15. The Labute approximate surface area is 118 Å². The summed E-state index contributed by atoms with van der Waals surface area (Å²) in [5, 5.41) is 12.5. The minimum atomic E-state index is -0.344. The summed E-state index contributed by atoms with van der Waals surface area (Å²) in [5.74, 6) is -0.666. The zero-order chi connectivity index (χ0) is 14.1. The third kappa shape index (κ3) is 2.25. The van der Waals surface area contributed by atoms with Crippen molar-refractivity contribution < 1.29 is 9.18 Å².